The topological polar surface area (TPSA) is 76.2 Å². The molecule has 2 aromatic rings. The Morgan fingerprint density at radius 1 is 1.09 bits per heavy atom. The quantitative estimate of drug-likeness (QED) is 0.464. The highest BCUT2D eigenvalue weighted by Gasteiger charge is 2.37. The number of thioether (sulfide) groups is 1. The first-order chi connectivity index (χ1) is 16.4. The maximum absolute atomic E-state index is 12.8. The van der Waals surface area contributed by atoms with Crippen LogP contribution in [0.3, 0.4) is 0 Å². The molecular formula is C24H22Cl2N2O5S. The lowest BCUT2D eigenvalue weighted by Gasteiger charge is -2.18. The summed E-state index contributed by atoms with van der Waals surface area (Å²) in [7, 11) is 1.53. The average Bonchev–Trinajstić information content (AvgIpc) is 3.44. The molecule has 0 spiro atoms. The summed E-state index contributed by atoms with van der Waals surface area (Å²) < 4.78 is 11.3. The van der Waals surface area contributed by atoms with Gasteiger partial charge in [-0.15, -0.1) is 0 Å². The molecule has 10 heteroatoms. The molecule has 0 unspecified atom stereocenters. The van der Waals surface area contributed by atoms with Crippen molar-refractivity contribution in [2.75, 3.05) is 26.7 Å². The zero-order valence-corrected chi connectivity index (χ0v) is 20.7. The molecule has 0 aromatic heterocycles. The number of imide groups is 1. The van der Waals surface area contributed by atoms with Gasteiger partial charge in [-0.3, -0.25) is 19.3 Å². The minimum atomic E-state index is -0.478. The van der Waals surface area contributed by atoms with Crippen molar-refractivity contribution in [3.8, 4) is 11.5 Å². The van der Waals surface area contributed by atoms with Gasteiger partial charge in [0.1, 0.15) is 13.2 Å². The van der Waals surface area contributed by atoms with Crippen molar-refractivity contribution in [2.45, 2.75) is 19.4 Å². The van der Waals surface area contributed by atoms with Crippen LogP contribution in [0.25, 0.3) is 6.08 Å². The summed E-state index contributed by atoms with van der Waals surface area (Å²) in [6.45, 7) is 1.28. The summed E-state index contributed by atoms with van der Waals surface area (Å²) in [4.78, 5) is 40.6. The molecule has 0 radical (unpaired) electrons. The number of benzene rings is 2. The largest absolute Gasteiger partial charge is 0.493 e. The Bertz CT molecular complexity index is 1160. The summed E-state index contributed by atoms with van der Waals surface area (Å²) in [5, 5.41) is 0.565. The lowest BCUT2D eigenvalue weighted by Crippen LogP contribution is -2.40. The van der Waals surface area contributed by atoms with Gasteiger partial charge in [-0.2, -0.15) is 0 Å². The van der Waals surface area contributed by atoms with Gasteiger partial charge in [0.05, 0.1) is 12.0 Å². The molecule has 7 nitrogen and oxygen atoms in total. The van der Waals surface area contributed by atoms with E-state index in [2.05, 4.69) is 0 Å². The van der Waals surface area contributed by atoms with E-state index in [4.69, 9.17) is 32.7 Å². The van der Waals surface area contributed by atoms with E-state index in [1.807, 2.05) is 0 Å². The maximum atomic E-state index is 12.8. The number of halogens is 2. The summed E-state index contributed by atoms with van der Waals surface area (Å²) in [6.07, 6.45) is 3.49. The molecule has 0 saturated carbocycles. The molecule has 34 heavy (non-hydrogen) atoms. The van der Waals surface area contributed by atoms with Crippen LogP contribution in [-0.2, 0) is 16.2 Å². The van der Waals surface area contributed by atoms with Gasteiger partial charge < -0.3 is 14.4 Å². The predicted octanol–water partition coefficient (Wildman–Crippen LogP) is 5.24. The van der Waals surface area contributed by atoms with Crippen LogP contribution in [0.1, 0.15) is 24.0 Å². The van der Waals surface area contributed by atoms with Crippen molar-refractivity contribution in [2.24, 2.45) is 0 Å². The lowest BCUT2D eigenvalue weighted by molar-refractivity contribution is -0.135. The van der Waals surface area contributed by atoms with E-state index >= 15 is 0 Å². The Morgan fingerprint density at radius 2 is 1.85 bits per heavy atom. The average molecular weight is 521 g/mol. The van der Waals surface area contributed by atoms with Crippen molar-refractivity contribution in [3.05, 3.63) is 62.5 Å². The number of amides is 3. The Hall–Kier alpha value is -2.68. The van der Waals surface area contributed by atoms with Crippen LogP contribution in [0, 0.1) is 0 Å². The number of carbonyl (C=O) groups is 3. The predicted molar refractivity (Wildman–Crippen MR) is 132 cm³/mol. The van der Waals surface area contributed by atoms with Crippen molar-refractivity contribution < 1.29 is 23.9 Å². The normalized spacial score (nSPS) is 17.1. The Kier molecular flexibility index (Phi) is 7.70. The number of methoxy groups -OCH3 is 1. The van der Waals surface area contributed by atoms with Crippen molar-refractivity contribution in [1.82, 2.24) is 9.80 Å². The molecule has 2 saturated heterocycles. The van der Waals surface area contributed by atoms with Crippen LogP contribution in [-0.4, -0.2) is 53.6 Å². The molecule has 0 N–H and O–H groups in total. The third-order valence-corrected chi connectivity index (χ3v) is 7.00. The first-order valence-corrected chi connectivity index (χ1v) is 12.2. The van der Waals surface area contributed by atoms with Crippen LogP contribution in [0.5, 0.6) is 11.5 Å². The first-order valence-electron chi connectivity index (χ1n) is 10.6. The molecule has 4 rings (SSSR count). The Morgan fingerprint density at radius 3 is 2.56 bits per heavy atom. The van der Waals surface area contributed by atoms with E-state index in [0.29, 0.717) is 40.2 Å². The van der Waals surface area contributed by atoms with Gasteiger partial charge in [-0.25, -0.2) is 0 Å². The minimum Gasteiger partial charge on any atom is -0.493 e. The zero-order chi connectivity index (χ0) is 24.2. The van der Waals surface area contributed by atoms with Gasteiger partial charge in [-0.05, 0) is 60.5 Å². The van der Waals surface area contributed by atoms with E-state index in [-0.39, 0.29) is 24.0 Å². The standard InChI is InChI=1S/C24H22Cl2N2O5S/c1-32-19-7-4-15(10-20(19)33-14-16-5-6-17(25)12-18(16)26)11-21-23(30)28(24(31)34-21)13-22(29)27-8-2-3-9-27/h4-7,10-12H,2-3,8-9,13-14H2,1H3/b21-11-. The molecule has 2 aliphatic rings. The van der Waals surface area contributed by atoms with Gasteiger partial charge in [-0.1, -0.05) is 35.3 Å². The van der Waals surface area contributed by atoms with Gasteiger partial charge in [0.2, 0.25) is 5.91 Å². The molecule has 0 atom stereocenters. The van der Waals surface area contributed by atoms with Crippen molar-refractivity contribution in [1.29, 1.82) is 0 Å². The number of rotatable bonds is 7. The van der Waals surface area contributed by atoms with Crippen molar-refractivity contribution in [3.63, 3.8) is 0 Å². The van der Waals surface area contributed by atoms with Gasteiger partial charge in [0.25, 0.3) is 11.1 Å². The number of hydrogen-bond acceptors (Lipinski definition) is 6. The molecule has 3 amide bonds. The molecule has 0 aliphatic carbocycles. The highest BCUT2D eigenvalue weighted by Crippen LogP contribution is 2.35. The Labute approximate surface area is 211 Å². The second-order valence-corrected chi connectivity index (χ2v) is 9.63. The van der Waals surface area contributed by atoms with Gasteiger partial charge in [0, 0.05) is 28.7 Å². The van der Waals surface area contributed by atoms with E-state index in [0.717, 1.165) is 35.1 Å². The molecule has 2 fully saturated rings. The number of likely N-dealkylation sites (tertiary alicyclic amines) is 1. The van der Waals surface area contributed by atoms with E-state index < -0.39 is 11.1 Å². The number of hydrogen-bond donors (Lipinski definition) is 0. The molecular weight excluding hydrogens is 499 g/mol. The van der Waals surface area contributed by atoms with Crippen molar-refractivity contribution >= 4 is 58.1 Å². The smallest absolute Gasteiger partial charge is 0.294 e. The summed E-state index contributed by atoms with van der Waals surface area (Å²) in [6, 6.07) is 10.3. The maximum Gasteiger partial charge on any atom is 0.294 e. The SMILES string of the molecule is COc1ccc(/C=C2\SC(=O)N(CC(=O)N3CCCC3)C2=O)cc1OCc1ccc(Cl)cc1Cl. The fraction of sp³-hybridized carbons (Fsp3) is 0.292. The van der Waals surface area contributed by atoms with E-state index in [1.54, 1.807) is 47.4 Å². The second-order valence-electron chi connectivity index (χ2n) is 7.79. The fourth-order valence-corrected chi connectivity index (χ4v) is 4.98. The highest BCUT2D eigenvalue weighted by molar-refractivity contribution is 8.18. The van der Waals surface area contributed by atoms with E-state index in [9.17, 15) is 14.4 Å². The number of nitrogens with zero attached hydrogens (tertiary/aromatic N) is 2. The molecule has 2 aromatic carbocycles. The first kappa shape index (κ1) is 24.4. The third kappa shape index (κ3) is 5.51. The molecule has 2 aliphatic heterocycles. The number of ether oxygens (including phenoxy) is 2. The van der Waals surface area contributed by atoms with Crippen LogP contribution < -0.4 is 9.47 Å². The lowest BCUT2D eigenvalue weighted by atomic mass is 10.1. The van der Waals surface area contributed by atoms with Gasteiger partial charge in [0.15, 0.2) is 11.5 Å². The Balaban J connectivity index is 1.49. The minimum absolute atomic E-state index is 0.185. The van der Waals surface area contributed by atoms with E-state index in [1.165, 1.54) is 7.11 Å². The summed E-state index contributed by atoms with van der Waals surface area (Å²) in [5.74, 6) is 0.271. The van der Waals surface area contributed by atoms with Gasteiger partial charge >= 0.3 is 0 Å². The number of carbonyl (C=O) groups excluding carboxylic acids is 3. The molecule has 2 heterocycles. The van der Waals surface area contributed by atoms with Crippen LogP contribution in [0.4, 0.5) is 4.79 Å². The summed E-state index contributed by atoms with van der Waals surface area (Å²) in [5.41, 5.74) is 1.40. The van der Waals surface area contributed by atoms with Crippen LogP contribution in [0.2, 0.25) is 10.0 Å². The third-order valence-electron chi connectivity index (χ3n) is 5.51. The summed E-state index contributed by atoms with van der Waals surface area (Å²) >= 11 is 13.0. The zero-order valence-electron chi connectivity index (χ0n) is 18.4. The second kappa shape index (κ2) is 10.7. The molecule has 0 bridgehead atoms. The fourth-order valence-electron chi connectivity index (χ4n) is 3.68. The van der Waals surface area contributed by atoms with Crippen LogP contribution in [0.15, 0.2) is 41.3 Å². The van der Waals surface area contributed by atoms with Crippen LogP contribution >= 0.6 is 35.0 Å². The monoisotopic (exact) mass is 520 g/mol. The highest BCUT2D eigenvalue weighted by atomic mass is 35.5. The molecule has 178 valence electrons.